The first-order valence-corrected chi connectivity index (χ1v) is 9.10. The Kier molecular flexibility index (Phi) is 4.26. The van der Waals surface area contributed by atoms with Crippen LogP contribution in [-0.4, -0.2) is 18.5 Å². The normalized spacial score (nSPS) is 21.3. The van der Waals surface area contributed by atoms with E-state index in [0.717, 1.165) is 36.4 Å². The van der Waals surface area contributed by atoms with Crippen LogP contribution in [0.3, 0.4) is 0 Å². The maximum atomic E-state index is 11.7. The van der Waals surface area contributed by atoms with Gasteiger partial charge in [0.2, 0.25) is 5.91 Å². The molecule has 1 amide bonds. The molecule has 0 aromatic heterocycles. The lowest BCUT2D eigenvalue weighted by atomic mass is 9.89. The van der Waals surface area contributed by atoms with E-state index in [1.807, 2.05) is 24.3 Å². The minimum Gasteiger partial charge on any atom is -0.455 e. The molecule has 0 unspecified atom stereocenters. The molecule has 6 heteroatoms. The second kappa shape index (κ2) is 6.43. The van der Waals surface area contributed by atoms with Crippen molar-refractivity contribution in [3.05, 3.63) is 52.0 Å². The van der Waals surface area contributed by atoms with Crippen LogP contribution in [0.1, 0.15) is 31.4 Å². The molecule has 4 rings (SSSR count). The number of carbonyl (C=O) groups is 1. The van der Waals surface area contributed by atoms with E-state index >= 15 is 0 Å². The fraction of sp³-hybridized carbons (Fsp3) is 0.316. The molecule has 2 heterocycles. The Balaban J connectivity index is 1.92. The smallest absolute Gasteiger partial charge is 0.217 e. The van der Waals surface area contributed by atoms with Crippen molar-refractivity contribution in [2.75, 3.05) is 11.4 Å². The van der Waals surface area contributed by atoms with Gasteiger partial charge in [0.1, 0.15) is 11.4 Å². The molecule has 0 radical (unpaired) electrons. The molecule has 0 saturated carbocycles. The van der Waals surface area contributed by atoms with Gasteiger partial charge in [-0.2, -0.15) is 0 Å². The van der Waals surface area contributed by atoms with E-state index in [0.29, 0.717) is 15.8 Å². The summed E-state index contributed by atoms with van der Waals surface area (Å²) in [6.07, 6.45) is 1.86. The average molecular weight is 377 g/mol. The Morgan fingerprint density at radius 2 is 2.00 bits per heavy atom. The van der Waals surface area contributed by atoms with Crippen LogP contribution in [0.4, 0.5) is 5.69 Å². The molecule has 1 fully saturated rings. The van der Waals surface area contributed by atoms with Crippen molar-refractivity contribution >= 4 is 34.8 Å². The fourth-order valence-corrected chi connectivity index (χ4v) is 4.27. The van der Waals surface area contributed by atoms with Crippen LogP contribution in [0.2, 0.25) is 10.0 Å². The lowest BCUT2D eigenvalue weighted by Gasteiger charge is -2.42. The molecule has 1 saturated heterocycles. The Labute approximate surface area is 156 Å². The summed E-state index contributed by atoms with van der Waals surface area (Å²) in [5, 5.41) is 4.08. The summed E-state index contributed by atoms with van der Waals surface area (Å²) >= 11 is 12.8. The zero-order valence-corrected chi connectivity index (χ0v) is 15.3. The first-order chi connectivity index (χ1) is 12.1. The summed E-state index contributed by atoms with van der Waals surface area (Å²) in [5.41, 5.74) is 1.84. The van der Waals surface area contributed by atoms with Gasteiger partial charge in [0.25, 0.3) is 0 Å². The molecule has 2 aliphatic rings. The summed E-state index contributed by atoms with van der Waals surface area (Å²) in [6.45, 7) is 2.38. The van der Waals surface area contributed by atoms with Crippen LogP contribution < -0.4 is 15.0 Å². The van der Waals surface area contributed by atoms with Gasteiger partial charge in [0, 0.05) is 19.0 Å². The Hall–Kier alpha value is -1.91. The number of fused-ring (bicyclic) bond motifs is 5. The molecule has 0 bridgehead atoms. The molecule has 4 nitrogen and oxygen atoms in total. The summed E-state index contributed by atoms with van der Waals surface area (Å²) in [4.78, 5) is 14.0. The number of ether oxygens (including phenoxy) is 1. The zero-order valence-electron chi connectivity index (χ0n) is 13.8. The summed E-state index contributed by atoms with van der Waals surface area (Å²) in [7, 11) is 0. The van der Waals surface area contributed by atoms with Gasteiger partial charge in [-0.05, 0) is 31.0 Å². The average Bonchev–Trinajstić information content (AvgIpc) is 2.73. The Morgan fingerprint density at radius 1 is 1.20 bits per heavy atom. The van der Waals surface area contributed by atoms with Crippen molar-refractivity contribution in [1.82, 2.24) is 5.32 Å². The summed E-state index contributed by atoms with van der Waals surface area (Å²) in [6, 6.07) is 11.5. The number of para-hydroxylation sites is 1. The first kappa shape index (κ1) is 16.6. The number of hydrogen-bond acceptors (Lipinski definition) is 3. The number of nitrogens with zero attached hydrogens (tertiary/aromatic N) is 1. The first-order valence-electron chi connectivity index (χ1n) is 8.35. The van der Waals surface area contributed by atoms with Crippen molar-refractivity contribution < 1.29 is 9.53 Å². The van der Waals surface area contributed by atoms with Gasteiger partial charge < -0.3 is 15.0 Å². The standard InChI is InChI=1S/C19H18Cl2N2O2/c1-11(24)22-14-6-4-10-23-18(14)12-5-2-3-7-15(12)25-16-9-8-13(20)17(21)19(16)23/h2-3,5,7-9,14,18H,4,6,10H2,1H3,(H,22,24)/t14-,18-/m0/s1. The lowest BCUT2D eigenvalue weighted by molar-refractivity contribution is -0.119. The van der Waals surface area contributed by atoms with E-state index in [9.17, 15) is 4.79 Å². The van der Waals surface area contributed by atoms with Crippen LogP contribution in [0, 0.1) is 0 Å². The highest BCUT2D eigenvalue weighted by atomic mass is 35.5. The van der Waals surface area contributed by atoms with Crippen LogP contribution in [0.15, 0.2) is 36.4 Å². The number of rotatable bonds is 1. The van der Waals surface area contributed by atoms with Gasteiger partial charge >= 0.3 is 0 Å². The van der Waals surface area contributed by atoms with Gasteiger partial charge in [-0.15, -0.1) is 0 Å². The number of halogens is 2. The third kappa shape index (κ3) is 2.83. The molecule has 2 aliphatic heterocycles. The van der Waals surface area contributed by atoms with Gasteiger partial charge in [-0.3, -0.25) is 4.79 Å². The van der Waals surface area contributed by atoms with E-state index < -0.39 is 0 Å². The monoisotopic (exact) mass is 376 g/mol. The number of benzene rings is 2. The van der Waals surface area contributed by atoms with E-state index in [1.54, 1.807) is 13.0 Å². The van der Waals surface area contributed by atoms with E-state index in [1.165, 1.54) is 0 Å². The van der Waals surface area contributed by atoms with Crippen LogP contribution >= 0.6 is 23.2 Å². The van der Waals surface area contributed by atoms with Crippen molar-refractivity contribution in [2.24, 2.45) is 0 Å². The van der Waals surface area contributed by atoms with Crippen LogP contribution in [0.25, 0.3) is 0 Å². The molecule has 1 N–H and O–H groups in total. The van der Waals surface area contributed by atoms with Crippen molar-refractivity contribution in [1.29, 1.82) is 0 Å². The van der Waals surface area contributed by atoms with Gasteiger partial charge in [0.05, 0.1) is 22.1 Å². The quantitative estimate of drug-likeness (QED) is 0.765. The highest BCUT2D eigenvalue weighted by Crippen LogP contribution is 2.51. The largest absolute Gasteiger partial charge is 0.455 e. The number of nitrogens with one attached hydrogen (secondary N) is 1. The van der Waals surface area contributed by atoms with Crippen molar-refractivity contribution in [2.45, 2.75) is 31.8 Å². The third-order valence-electron chi connectivity index (χ3n) is 4.80. The predicted molar refractivity (Wildman–Crippen MR) is 99.9 cm³/mol. The van der Waals surface area contributed by atoms with Crippen LogP contribution in [0.5, 0.6) is 11.5 Å². The van der Waals surface area contributed by atoms with E-state index in [4.69, 9.17) is 27.9 Å². The molecular formula is C19H18Cl2N2O2. The minimum absolute atomic E-state index is 0.0167. The summed E-state index contributed by atoms with van der Waals surface area (Å²) < 4.78 is 6.19. The lowest BCUT2D eigenvalue weighted by Crippen LogP contribution is -2.49. The number of carbonyl (C=O) groups excluding carboxylic acids is 1. The van der Waals surface area contributed by atoms with Gasteiger partial charge in [0.15, 0.2) is 5.75 Å². The molecule has 2 aromatic carbocycles. The predicted octanol–water partition coefficient (Wildman–Crippen LogP) is 4.95. The Bertz CT molecular complexity index is 840. The number of hydrogen-bond donors (Lipinski definition) is 1. The highest BCUT2D eigenvalue weighted by molar-refractivity contribution is 6.44. The summed E-state index contributed by atoms with van der Waals surface area (Å²) in [5.74, 6) is 1.44. The van der Waals surface area contributed by atoms with Gasteiger partial charge in [-0.25, -0.2) is 0 Å². The Morgan fingerprint density at radius 3 is 2.80 bits per heavy atom. The van der Waals surface area contributed by atoms with Crippen LogP contribution in [-0.2, 0) is 4.79 Å². The molecule has 0 spiro atoms. The van der Waals surface area contributed by atoms with Gasteiger partial charge in [-0.1, -0.05) is 41.4 Å². The second-order valence-electron chi connectivity index (χ2n) is 6.44. The molecule has 25 heavy (non-hydrogen) atoms. The topological polar surface area (TPSA) is 41.6 Å². The zero-order chi connectivity index (χ0) is 17.6. The molecule has 0 aliphatic carbocycles. The second-order valence-corrected chi connectivity index (χ2v) is 7.22. The molecule has 2 aromatic rings. The number of piperidine rings is 1. The SMILES string of the molecule is CC(=O)N[C@H]1CCCN2c3c(ccc(Cl)c3Cl)Oc3ccccc3[C@@H]12. The van der Waals surface area contributed by atoms with Crippen molar-refractivity contribution in [3.63, 3.8) is 0 Å². The molecule has 2 atom stereocenters. The number of amides is 1. The third-order valence-corrected chi connectivity index (χ3v) is 5.59. The molecular weight excluding hydrogens is 359 g/mol. The molecule has 130 valence electrons. The minimum atomic E-state index is -0.0499. The van der Waals surface area contributed by atoms with Crippen molar-refractivity contribution in [3.8, 4) is 11.5 Å². The maximum absolute atomic E-state index is 11.7. The maximum Gasteiger partial charge on any atom is 0.217 e. The number of anilines is 1. The fourth-order valence-electron chi connectivity index (χ4n) is 3.85. The highest BCUT2D eigenvalue weighted by Gasteiger charge is 2.39. The van der Waals surface area contributed by atoms with E-state index in [2.05, 4.69) is 16.3 Å². The van der Waals surface area contributed by atoms with E-state index in [-0.39, 0.29) is 18.0 Å².